The van der Waals surface area contributed by atoms with E-state index in [2.05, 4.69) is 10.2 Å². The third-order valence-corrected chi connectivity index (χ3v) is 5.70. The molecule has 0 bridgehead atoms. The minimum Gasteiger partial charge on any atom is -0.508 e. The molecule has 2 fully saturated rings. The lowest BCUT2D eigenvalue weighted by molar-refractivity contribution is -0.0341. The van der Waals surface area contributed by atoms with E-state index in [1.165, 1.54) is 12.8 Å². The van der Waals surface area contributed by atoms with E-state index in [0.29, 0.717) is 25.9 Å². The first-order valence-corrected chi connectivity index (χ1v) is 9.78. The average Bonchev–Trinajstić information content (AvgIpc) is 3.13. The van der Waals surface area contributed by atoms with Crippen LogP contribution in [0.15, 0.2) is 24.3 Å². The van der Waals surface area contributed by atoms with Crippen molar-refractivity contribution in [3.8, 4) is 5.75 Å². The quantitative estimate of drug-likeness (QED) is 0.753. The van der Waals surface area contributed by atoms with Crippen LogP contribution in [0.4, 0.5) is 4.79 Å². The van der Waals surface area contributed by atoms with Gasteiger partial charge in [-0.1, -0.05) is 19.1 Å². The van der Waals surface area contributed by atoms with Gasteiger partial charge in [0.1, 0.15) is 5.75 Å². The molecule has 6 heteroatoms. The molecular weight excluding hydrogens is 330 g/mol. The second-order valence-electron chi connectivity index (χ2n) is 7.70. The number of aliphatic hydroxyl groups is 1. The van der Waals surface area contributed by atoms with Gasteiger partial charge in [-0.15, -0.1) is 0 Å². The number of β-amino-alcohol motifs (C(OH)–C–C–N with tert-alkyl or cyclic N) is 1. The molecule has 26 heavy (non-hydrogen) atoms. The number of carbonyl (C=O) groups is 1. The van der Waals surface area contributed by atoms with Gasteiger partial charge < -0.3 is 25.3 Å². The van der Waals surface area contributed by atoms with E-state index in [1.807, 2.05) is 24.0 Å². The summed E-state index contributed by atoms with van der Waals surface area (Å²) in [6.45, 7) is 6.09. The lowest BCUT2D eigenvalue weighted by Crippen LogP contribution is -2.53. The number of rotatable bonds is 5. The van der Waals surface area contributed by atoms with E-state index in [-0.39, 0.29) is 17.8 Å². The van der Waals surface area contributed by atoms with E-state index < -0.39 is 5.60 Å². The first-order chi connectivity index (χ1) is 12.5. The van der Waals surface area contributed by atoms with Gasteiger partial charge in [-0.25, -0.2) is 4.79 Å². The Morgan fingerprint density at radius 1 is 1.15 bits per heavy atom. The third-order valence-electron chi connectivity index (χ3n) is 5.70. The summed E-state index contributed by atoms with van der Waals surface area (Å²) in [4.78, 5) is 16.8. The van der Waals surface area contributed by atoms with Crippen LogP contribution in [0.1, 0.15) is 50.6 Å². The van der Waals surface area contributed by atoms with Crippen molar-refractivity contribution in [1.82, 2.24) is 15.1 Å². The molecule has 1 atom stereocenters. The summed E-state index contributed by atoms with van der Waals surface area (Å²) in [6, 6.07) is 6.82. The minimum atomic E-state index is -0.664. The highest BCUT2D eigenvalue weighted by atomic mass is 16.3. The molecule has 2 heterocycles. The van der Waals surface area contributed by atoms with E-state index in [0.717, 1.165) is 31.6 Å². The zero-order chi connectivity index (χ0) is 18.6. The number of amides is 2. The van der Waals surface area contributed by atoms with Crippen LogP contribution in [-0.2, 0) is 0 Å². The number of piperidine rings is 1. The molecule has 3 rings (SSSR count). The van der Waals surface area contributed by atoms with Gasteiger partial charge in [0, 0.05) is 19.6 Å². The largest absolute Gasteiger partial charge is 0.508 e. The van der Waals surface area contributed by atoms with Gasteiger partial charge in [0.25, 0.3) is 0 Å². The summed E-state index contributed by atoms with van der Waals surface area (Å²) >= 11 is 0. The monoisotopic (exact) mass is 361 g/mol. The number of hydrogen-bond acceptors (Lipinski definition) is 4. The molecule has 0 spiro atoms. The van der Waals surface area contributed by atoms with Crippen LogP contribution in [0.3, 0.4) is 0 Å². The van der Waals surface area contributed by atoms with Crippen molar-refractivity contribution in [2.75, 3.05) is 32.7 Å². The number of carbonyl (C=O) groups excluding carboxylic acids is 1. The van der Waals surface area contributed by atoms with Gasteiger partial charge in [0.05, 0.1) is 11.6 Å². The molecular formula is C20H31N3O3. The number of nitrogens with one attached hydrogen (secondary N) is 1. The second-order valence-corrected chi connectivity index (χ2v) is 7.70. The molecule has 2 saturated heterocycles. The fourth-order valence-electron chi connectivity index (χ4n) is 4.01. The molecule has 0 aliphatic carbocycles. The van der Waals surface area contributed by atoms with Crippen LogP contribution < -0.4 is 5.32 Å². The normalized spacial score (nSPS) is 21.5. The first kappa shape index (κ1) is 19.0. The average molecular weight is 361 g/mol. The second kappa shape index (κ2) is 8.27. The van der Waals surface area contributed by atoms with Crippen LogP contribution in [-0.4, -0.2) is 64.4 Å². The molecule has 0 saturated carbocycles. The molecule has 2 amide bonds. The Labute approximate surface area is 155 Å². The molecule has 1 aromatic rings. The van der Waals surface area contributed by atoms with E-state index in [9.17, 15) is 15.0 Å². The summed E-state index contributed by atoms with van der Waals surface area (Å²) in [7, 11) is 0. The van der Waals surface area contributed by atoms with Gasteiger partial charge in [0.15, 0.2) is 0 Å². The van der Waals surface area contributed by atoms with Gasteiger partial charge in [-0.2, -0.15) is 0 Å². The zero-order valence-corrected chi connectivity index (χ0v) is 15.7. The molecule has 6 nitrogen and oxygen atoms in total. The zero-order valence-electron chi connectivity index (χ0n) is 15.7. The van der Waals surface area contributed by atoms with Gasteiger partial charge in [0.2, 0.25) is 0 Å². The van der Waals surface area contributed by atoms with Crippen molar-refractivity contribution in [1.29, 1.82) is 0 Å². The highest BCUT2D eigenvalue weighted by Crippen LogP contribution is 2.26. The van der Waals surface area contributed by atoms with Crippen molar-refractivity contribution in [3.05, 3.63) is 29.8 Å². The van der Waals surface area contributed by atoms with Crippen LogP contribution >= 0.6 is 0 Å². The smallest absolute Gasteiger partial charge is 0.317 e. The minimum absolute atomic E-state index is 0.0755. The lowest BCUT2D eigenvalue weighted by Gasteiger charge is -2.40. The van der Waals surface area contributed by atoms with Crippen molar-refractivity contribution in [3.63, 3.8) is 0 Å². The Balaban J connectivity index is 1.51. The summed E-state index contributed by atoms with van der Waals surface area (Å²) in [6.07, 6.45) is 4.49. The standard InChI is InChI=1S/C20H31N3O3/c1-2-18(16-5-7-17(24)8-6-16)21-19(25)23-13-9-20(26,10-14-23)15-22-11-3-4-12-22/h5-8,18,24,26H,2-4,9-15H2,1H3,(H,21,25)/t18-/m0/s1. The Morgan fingerprint density at radius 2 is 1.77 bits per heavy atom. The number of aromatic hydroxyl groups is 1. The highest BCUT2D eigenvalue weighted by Gasteiger charge is 2.36. The van der Waals surface area contributed by atoms with Gasteiger partial charge in [-0.3, -0.25) is 0 Å². The maximum atomic E-state index is 12.6. The summed E-state index contributed by atoms with van der Waals surface area (Å²) in [5, 5.41) is 23.4. The molecule has 2 aliphatic rings. The fourth-order valence-corrected chi connectivity index (χ4v) is 4.01. The maximum Gasteiger partial charge on any atom is 0.317 e. The molecule has 0 radical (unpaired) electrons. The topological polar surface area (TPSA) is 76.0 Å². The number of likely N-dealkylation sites (tertiary alicyclic amines) is 2. The number of nitrogens with zero attached hydrogens (tertiary/aromatic N) is 2. The molecule has 144 valence electrons. The SMILES string of the molecule is CC[C@H](NC(=O)N1CCC(O)(CN2CCCC2)CC1)c1ccc(O)cc1. The molecule has 1 aromatic carbocycles. The summed E-state index contributed by atoms with van der Waals surface area (Å²) < 4.78 is 0. The molecule has 3 N–H and O–H groups in total. The Bertz CT molecular complexity index is 591. The fraction of sp³-hybridized carbons (Fsp3) is 0.650. The highest BCUT2D eigenvalue weighted by molar-refractivity contribution is 5.74. The lowest BCUT2D eigenvalue weighted by atomic mass is 9.91. The van der Waals surface area contributed by atoms with Gasteiger partial charge in [-0.05, 0) is 62.9 Å². The van der Waals surface area contributed by atoms with Crippen molar-refractivity contribution in [2.45, 2.75) is 50.7 Å². The van der Waals surface area contributed by atoms with E-state index in [1.54, 1.807) is 12.1 Å². The van der Waals surface area contributed by atoms with E-state index >= 15 is 0 Å². The number of phenols is 1. The predicted octanol–water partition coefficient (Wildman–Crippen LogP) is 2.48. The summed E-state index contributed by atoms with van der Waals surface area (Å²) in [5.74, 6) is 0.225. The van der Waals surface area contributed by atoms with Gasteiger partial charge >= 0.3 is 6.03 Å². The molecule has 0 unspecified atom stereocenters. The predicted molar refractivity (Wildman–Crippen MR) is 101 cm³/mol. The molecule has 0 aromatic heterocycles. The Hall–Kier alpha value is -1.79. The van der Waals surface area contributed by atoms with Crippen molar-refractivity contribution in [2.24, 2.45) is 0 Å². The number of hydrogen-bond donors (Lipinski definition) is 3. The van der Waals surface area contributed by atoms with E-state index in [4.69, 9.17) is 0 Å². The Kier molecular flexibility index (Phi) is 6.04. The maximum absolute atomic E-state index is 12.6. The van der Waals surface area contributed by atoms with Crippen molar-refractivity contribution >= 4 is 6.03 Å². The van der Waals surface area contributed by atoms with Crippen LogP contribution in [0.5, 0.6) is 5.75 Å². The van der Waals surface area contributed by atoms with Crippen LogP contribution in [0.2, 0.25) is 0 Å². The van der Waals surface area contributed by atoms with Crippen LogP contribution in [0, 0.1) is 0 Å². The summed E-state index contributed by atoms with van der Waals surface area (Å²) in [5.41, 5.74) is 0.323. The Morgan fingerprint density at radius 3 is 2.35 bits per heavy atom. The third kappa shape index (κ3) is 4.68. The van der Waals surface area contributed by atoms with Crippen molar-refractivity contribution < 1.29 is 15.0 Å². The first-order valence-electron chi connectivity index (χ1n) is 9.78. The number of urea groups is 1. The van der Waals surface area contributed by atoms with Crippen LogP contribution in [0.25, 0.3) is 0 Å². The number of benzene rings is 1. The number of phenolic OH excluding ortho intramolecular Hbond substituents is 1. The molecule has 2 aliphatic heterocycles.